The monoisotopic (exact) mass is 378 g/mol. The Hall–Kier alpha value is -1.40. The highest BCUT2D eigenvalue weighted by atomic mass is 35.5. The Morgan fingerprint density at radius 1 is 1.36 bits per heavy atom. The van der Waals surface area contributed by atoms with Crippen molar-refractivity contribution in [1.82, 2.24) is 9.97 Å². The van der Waals surface area contributed by atoms with Gasteiger partial charge in [-0.3, -0.25) is 9.59 Å². The first-order valence-corrected chi connectivity index (χ1v) is 10.0. The number of hydrogen-bond acceptors (Lipinski definition) is 5. The summed E-state index contributed by atoms with van der Waals surface area (Å²) in [6, 6.07) is 1.80. The number of thiophene rings is 1. The van der Waals surface area contributed by atoms with E-state index >= 15 is 0 Å². The van der Waals surface area contributed by atoms with Crippen LogP contribution in [0.4, 0.5) is 0 Å². The van der Waals surface area contributed by atoms with Gasteiger partial charge in [0, 0.05) is 4.87 Å². The van der Waals surface area contributed by atoms with Gasteiger partial charge in [0.05, 0.1) is 10.9 Å². The maximum absolute atomic E-state index is 12.9. The van der Waals surface area contributed by atoms with Crippen molar-refractivity contribution in [2.75, 3.05) is 0 Å². The molecule has 4 aliphatic carbocycles. The molecule has 132 valence electrons. The van der Waals surface area contributed by atoms with E-state index in [9.17, 15) is 9.59 Å². The van der Waals surface area contributed by atoms with Crippen LogP contribution in [0.3, 0.4) is 0 Å². The fourth-order valence-corrected chi connectivity index (χ4v) is 7.08. The van der Waals surface area contributed by atoms with Crippen LogP contribution in [-0.2, 0) is 16.1 Å². The van der Waals surface area contributed by atoms with E-state index in [4.69, 9.17) is 16.3 Å². The number of H-pyrrole nitrogens is 1. The first-order valence-electron chi connectivity index (χ1n) is 8.77. The first kappa shape index (κ1) is 15.8. The second-order valence-corrected chi connectivity index (χ2v) is 9.83. The number of nitrogens with zero attached hydrogens (tertiary/aromatic N) is 1. The molecule has 0 spiro atoms. The Morgan fingerprint density at radius 2 is 2.12 bits per heavy atom. The van der Waals surface area contributed by atoms with Gasteiger partial charge in [-0.05, 0) is 61.8 Å². The summed E-state index contributed by atoms with van der Waals surface area (Å²) in [4.78, 5) is 31.8. The fraction of sp³-hybridized carbons (Fsp3) is 0.611. The highest BCUT2D eigenvalue weighted by Crippen LogP contribution is 2.64. The molecule has 1 N–H and O–H groups in total. The number of rotatable bonds is 3. The summed E-state index contributed by atoms with van der Waals surface area (Å²) in [5.41, 5.74) is 0.0355. The fourth-order valence-electron chi connectivity index (χ4n) is 5.67. The number of esters is 1. The minimum atomic E-state index is -0.432. The van der Waals surface area contributed by atoms with Gasteiger partial charge in [-0.15, -0.1) is 22.9 Å². The summed E-state index contributed by atoms with van der Waals surface area (Å²) in [5.74, 6) is 1.33. The van der Waals surface area contributed by atoms with Crippen molar-refractivity contribution in [3.63, 3.8) is 0 Å². The zero-order valence-corrected chi connectivity index (χ0v) is 15.3. The number of fused-ring (bicyclic) bond motifs is 1. The number of hydrogen-bond donors (Lipinski definition) is 1. The largest absolute Gasteiger partial charge is 0.457 e. The van der Waals surface area contributed by atoms with E-state index in [1.807, 2.05) is 5.38 Å². The SMILES string of the molecule is O=C(OCc1nc2ccsc2c(=O)[nH]1)C12C[C@H]3C[C@@H](CC(Cl)(C3)C1)C2. The van der Waals surface area contributed by atoms with E-state index in [2.05, 4.69) is 9.97 Å². The lowest BCUT2D eigenvalue weighted by Crippen LogP contribution is -2.56. The van der Waals surface area contributed by atoms with Crippen LogP contribution in [0.15, 0.2) is 16.2 Å². The third kappa shape index (κ3) is 2.53. The predicted molar refractivity (Wildman–Crippen MR) is 95.7 cm³/mol. The molecular formula is C18H19ClN2O3S. The molecule has 0 radical (unpaired) electrons. The molecule has 5 nitrogen and oxygen atoms in total. The van der Waals surface area contributed by atoms with Crippen LogP contribution in [0.1, 0.15) is 44.3 Å². The summed E-state index contributed by atoms with van der Waals surface area (Å²) >= 11 is 8.15. The maximum atomic E-state index is 12.9. The Balaban J connectivity index is 1.36. The third-order valence-electron chi connectivity index (χ3n) is 6.13. The Kier molecular flexibility index (Phi) is 3.36. The van der Waals surface area contributed by atoms with Crippen LogP contribution in [0.25, 0.3) is 10.2 Å². The molecule has 7 heteroatoms. The van der Waals surface area contributed by atoms with Crippen LogP contribution in [-0.4, -0.2) is 20.8 Å². The molecule has 0 saturated heterocycles. The standard InChI is InChI=1S/C18H19ClN2O3S/c19-18-6-10-3-11(7-18)5-17(4-10,9-18)16(23)24-8-13-20-12-1-2-25-14(12)15(22)21-13/h1-2,10-11H,3-9H2,(H,20,21,22)/t10-,11-,17?,18?/m1/s1. The number of aromatic amines is 1. The lowest BCUT2D eigenvalue weighted by molar-refractivity contribution is -0.171. The zero-order valence-electron chi connectivity index (χ0n) is 13.7. The molecular weight excluding hydrogens is 360 g/mol. The van der Waals surface area contributed by atoms with Gasteiger partial charge in [-0.2, -0.15) is 0 Å². The third-order valence-corrected chi connectivity index (χ3v) is 7.47. The minimum absolute atomic E-state index is 0.00618. The van der Waals surface area contributed by atoms with Gasteiger partial charge in [-0.25, -0.2) is 4.98 Å². The molecule has 0 unspecified atom stereocenters. The summed E-state index contributed by atoms with van der Waals surface area (Å²) in [5, 5.41) is 1.83. The van der Waals surface area contributed by atoms with Crippen LogP contribution >= 0.6 is 22.9 Å². The molecule has 0 aliphatic heterocycles. The summed E-state index contributed by atoms with van der Waals surface area (Å²) < 4.78 is 6.21. The summed E-state index contributed by atoms with van der Waals surface area (Å²) in [7, 11) is 0. The second kappa shape index (κ2) is 5.30. The lowest BCUT2D eigenvalue weighted by atomic mass is 9.49. The molecule has 2 heterocycles. The second-order valence-electron chi connectivity index (χ2n) is 8.12. The van der Waals surface area contributed by atoms with Crippen molar-refractivity contribution >= 4 is 39.1 Å². The zero-order chi connectivity index (χ0) is 17.2. The number of alkyl halides is 1. The van der Waals surface area contributed by atoms with E-state index in [1.54, 1.807) is 6.07 Å². The Bertz CT molecular complexity index is 906. The van der Waals surface area contributed by atoms with Gasteiger partial charge in [-0.1, -0.05) is 0 Å². The van der Waals surface area contributed by atoms with E-state index in [-0.39, 0.29) is 23.0 Å². The highest BCUT2D eigenvalue weighted by Gasteiger charge is 2.60. The van der Waals surface area contributed by atoms with Crippen LogP contribution < -0.4 is 5.56 Å². The molecule has 0 amide bonds. The molecule has 4 bridgehead atoms. The quantitative estimate of drug-likeness (QED) is 0.654. The van der Waals surface area contributed by atoms with Crippen molar-refractivity contribution < 1.29 is 9.53 Å². The molecule has 4 saturated carbocycles. The van der Waals surface area contributed by atoms with Crippen LogP contribution in [0.2, 0.25) is 0 Å². The molecule has 2 aromatic heterocycles. The number of halogens is 1. The van der Waals surface area contributed by atoms with Crippen LogP contribution in [0, 0.1) is 17.3 Å². The van der Waals surface area contributed by atoms with E-state index in [1.165, 1.54) is 17.8 Å². The molecule has 0 aromatic carbocycles. The highest BCUT2D eigenvalue weighted by molar-refractivity contribution is 7.17. The average Bonchev–Trinajstić information content (AvgIpc) is 2.99. The number of nitrogens with one attached hydrogen (secondary N) is 1. The van der Waals surface area contributed by atoms with Crippen molar-refractivity contribution in [2.24, 2.45) is 17.3 Å². The minimum Gasteiger partial charge on any atom is -0.457 e. The normalized spacial score (nSPS) is 36.0. The molecule has 2 atom stereocenters. The van der Waals surface area contributed by atoms with Crippen LogP contribution in [0.5, 0.6) is 0 Å². The molecule has 25 heavy (non-hydrogen) atoms. The van der Waals surface area contributed by atoms with Gasteiger partial charge in [0.2, 0.25) is 0 Å². The summed E-state index contributed by atoms with van der Waals surface area (Å²) in [6.07, 6.45) is 5.77. The summed E-state index contributed by atoms with van der Waals surface area (Å²) in [6.45, 7) is 0.00618. The van der Waals surface area contributed by atoms with E-state index in [0.717, 1.165) is 32.1 Å². The molecule has 4 fully saturated rings. The topological polar surface area (TPSA) is 72.0 Å². The molecule has 4 aliphatic rings. The van der Waals surface area contributed by atoms with Gasteiger partial charge in [0.25, 0.3) is 5.56 Å². The molecule has 6 rings (SSSR count). The van der Waals surface area contributed by atoms with Gasteiger partial charge in [0.15, 0.2) is 0 Å². The van der Waals surface area contributed by atoms with Gasteiger partial charge in [0.1, 0.15) is 17.1 Å². The van der Waals surface area contributed by atoms with Crippen molar-refractivity contribution in [1.29, 1.82) is 0 Å². The number of carbonyl (C=O) groups excluding carboxylic acids is 1. The van der Waals surface area contributed by atoms with Gasteiger partial charge < -0.3 is 9.72 Å². The number of aromatic nitrogens is 2. The predicted octanol–water partition coefficient (Wildman–Crippen LogP) is 3.61. The molecule has 2 aromatic rings. The first-order chi connectivity index (χ1) is 11.9. The number of ether oxygens (including phenoxy) is 1. The number of carbonyl (C=O) groups is 1. The van der Waals surface area contributed by atoms with Crippen molar-refractivity contribution in [3.8, 4) is 0 Å². The van der Waals surface area contributed by atoms with E-state index in [0.29, 0.717) is 27.9 Å². The smallest absolute Gasteiger partial charge is 0.312 e. The van der Waals surface area contributed by atoms with E-state index < -0.39 is 5.41 Å². The van der Waals surface area contributed by atoms with Crippen molar-refractivity contribution in [3.05, 3.63) is 27.6 Å². The Morgan fingerprint density at radius 3 is 2.84 bits per heavy atom. The maximum Gasteiger partial charge on any atom is 0.312 e. The van der Waals surface area contributed by atoms with Gasteiger partial charge >= 0.3 is 5.97 Å². The Labute approximate surface area is 153 Å². The average molecular weight is 379 g/mol. The lowest BCUT2D eigenvalue weighted by Gasteiger charge is -2.58. The van der Waals surface area contributed by atoms with Crippen molar-refractivity contribution in [2.45, 2.75) is 50.0 Å².